The SMILES string of the molecule is FC(F)(F)CNc1nnc(SCc2csc(-c3ccc(C(F)(F)F)cc3)n2)s1. The molecule has 4 nitrogen and oxygen atoms in total. The fourth-order valence-corrected chi connectivity index (χ4v) is 4.53. The monoisotopic (exact) mass is 456 g/mol. The smallest absolute Gasteiger partial charge is 0.351 e. The minimum Gasteiger partial charge on any atom is -0.351 e. The van der Waals surface area contributed by atoms with Gasteiger partial charge in [-0.3, -0.25) is 0 Å². The van der Waals surface area contributed by atoms with Crippen molar-refractivity contribution in [1.29, 1.82) is 0 Å². The molecule has 3 aromatic rings. The number of anilines is 1. The largest absolute Gasteiger partial charge is 0.416 e. The third-order valence-electron chi connectivity index (χ3n) is 3.20. The summed E-state index contributed by atoms with van der Waals surface area (Å²) >= 11 is 3.55. The first-order valence-corrected chi connectivity index (χ1v) is 10.2. The molecule has 0 saturated heterocycles. The van der Waals surface area contributed by atoms with Crippen molar-refractivity contribution in [3.05, 3.63) is 40.9 Å². The average molecular weight is 456 g/mol. The highest BCUT2D eigenvalue weighted by atomic mass is 32.2. The fraction of sp³-hybridized carbons (Fsp3) is 0.267. The van der Waals surface area contributed by atoms with Gasteiger partial charge < -0.3 is 5.32 Å². The summed E-state index contributed by atoms with van der Waals surface area (Å²) in [5.74, 6) is 0.408. The zero-order valence-electron chi connectivity index (χ0n) is 13.6. The highest BCUT2D eigenvalue weighted by molar-refractivity contribution is 8.00. The van der Waals surface area contributed by atoms with Crippen LogP contribution in [-0.4, -0.2) is 27.9 Å². The predicted molar refractivity (Wildman–Crippen MR) is 96.6 cm³/mol. The van der Waals surface area contributed by atoms with Gasteiger partial charge in [0.25, 0.3) is 0 Å². The van der Waals surface area contributed by atoms with Crippen molar-refractivity contribution >= 4 is 39.6 Å². The van der Waals surface area contributed by atoms with Crippen molar-refractivity contribution in [3.63, 3.8) is 0 Å². The maximum Gasteiger partial charge on any atom is 0.416 e. The summed E-state index contributed by atoms with van der Waals surface area (Å²) < 4.78 is 74.8. The molecule has 1 N–H and O–H groups in total. The number of thioether (sulfide) groups is 1. The molecule has 150 valence electrons. The number of nitrogens with zero attached hydrogens (tertiary/aromatic N) is 3. The van der Waals surface area contributed by atoms with Gasteiger partial charge in [0.05, 0.1) is 11.3 Å². The topological polar surface area (TPSA) is 50.7 Å². The zero-order chi connectivity index (χ0) is 20.4. The predicted octanol–water partition coefficient (Wildman–Crippen LogP) is 5.95. The van der Waals surface area contributed by atoms with E-state index >= 15 is 0 Å². The van der Waals surface area contributed by atoms with Crippen LogP contribution in [0.3, 0.4) is 0 Å². The molecule has 0 aliphatic carbocycles. The summed E-state index contributed by atoms with van der Waals surface area (Å²) in [4.78, 5) is 4.37. The summed E-state index contributed by atoms with van der Waals surface area (Å²) in [6, 6.07) is 4.73. The van der Waals surface area contributed by atoms with E-state index in [1.165, 1.54) is 35.2 Å². The van der Waals surface area contributed by atoms with Crippen LogP contribution in [0.4, 0.5) is 31.5 Å². The van der Waals surface area contributed by atoms with Crippen LogP contribution >= 0.6 is 34.4 Å². The number of thiazole rings is 1. The summed E-state index contributed by atoms with van der Waals surface area (Å²) in [5.41, 5.74) is 0.531. The second-order valence-electron chi connectivity index (χ2n) is 5.35. The quantitative estimate of drug-likeness (QED) is 0.367. The third-order valence-corrected chi connectivity index (χ3v) is 6.19. The molecule has 0 aliphatic rings. The van der Waals surface area contributed by atoms with Crippen LogP contribution in [0.1, 0.15) is 11.3 Å². The molecule has 0 atom stereocenters. The van der Waals surface area contributed by atoms with Crippen LogP contribution in [0.15, 0.2) is 34.0 Å². The molecule has 13 heteroatoms. The lowest BCUT2D eigenvalue weighted by Gasteiger charge is -2.06. The minimum atomic E-state index is -4.39. The van der Waals surface area contributed by atoms with E-state index in [9.17, 15) is 26.3 Å². The number of halogens is 6. The van der Waals surface area contributed by atoms with Gasteiger partial charge in [0.1, 0.15) is 11.6 Å². The Morgan fingerprint density at radius 1 is 1.00 bits per heavy atom. The molecule has 0 amide bonds. The highest BCUT2D eigenvalue weighted by Crippen LogP contribution is 2.33. The fourth-order valence-electron chi connectivity index (χ4n) is 1.96. The Bertz CT molecular complexity index is 917. The first-order valence-electron chi connectivity index (χ1n) is 7.49. The summed E-state index contributed by atoms with van der Waals surface area (Å²) in [6.45, 7) is -1.19. The summed E-state index contributed by atoms with van der Waals surface area (Å²) in [5, 5.41) is 12.0. The lowest BCUT2D eigenvalue weighted by Crippen LogP contribution is -2.21. The summed E-state index contributed by atoms with van der Waals surface area (Å²) in [6.07, 6.45) is -8.73. The standard InChI is InChI=1S/C15H10F6N4S3/c16-14(17,18)7-22-12-24-25-13(28-12)27-6-10-5-26-11(23-10)8-1-3-9(4-2-8)15(19,20)21/h1-5H,6-7H2,(H,22,24). The van der Waals surface area contributed by atoms with Gasteiger partial charge in [0.2, 0.25) is 5.13 Å². The molecule has 0 bridgehead atoms. The van der Waals surface area contributed by atoms with Crippen molar-refractivity contribution in [2.75, 3.05) is 11.9 Å². The van der Waals surface area contributed by atoms with Crippen molar-refractivity contribution in [3.8, 4) is 10.6 Å². The Labute approximate surface area is 167 Å². The van der Waals surface area contributed by atoms with E-state index < -0.39 is 24.5 Å². The number of nitrogens with one attached hydrogen (secondary N) is 1. The molecule has 0 fully saturated rings. The summed E-state index contributed by atoms with van der Waals surface area (Å²) in [7, 11) is 0. The minimum absolute atomic E-state index is 0.0727. The highest BCUT2D eigenvalue weighted by Gasteiger charge is 2.30. The number of aromatic nitrogens is 3. The number of benzene rings is 1. The lowest BCUT2D eigenvalue weighted by molar-refractivity contribution is -0.137. The number of rotatable bonds is 6. The van der Waals surface area contributed by atoms with Gasteiger partial charge in [0.15, 0.2) is 4.34 Å². The van der Waals surface area contributed by atoms with E-state index in [1.54, 1.807) is 5.38 Å². The maximum absolute atomic E-state index is 12.6. The maximum atomic E-state index is 12.6. The van der Waals surface area contributed by atoms with E-state index in [0.29, 0.717) is 26.4 Å². The molecule has 0 aliphatic heterocycles. The van der Waals surface area contributed by atoms with Crippen LogP contribution in [0.25, 0.3) is 10.6 Å². The third kappa shape index (κ3) is 5.82. The molecule has 0 radical (unpaired) electrons. The molecule has 0 spiro atoms. The van der Waals surface area contributed by atoms with E-state index in [0.717, 1.165) is 23.5 Å². The van der Waals surface area contributed by atoms with Crippen LogP contribution in [0.2, 0.25) is 0 Å². The van der Waals surface area contributed by atoms with E-state index in [4.69, 9.17) is 0 Å². The molecule has 3 rings (SSSR count). The van der Waals surface area contributed by atoms with Gasteiger partial charge in [-0.1, -0.05) is 35.2 Å². The van der Waals surface area contributed by atoms with Gasteiger partial charge in [-0.2, -0.15) is 26.3 Å². The first-order chi connectivity index (χ1) is 13.1. The number of alkyl halides is 6. The van der Waals surface area contributed by atoms with Crippen molar-refractivity contribution < 1.29 is 26.3 Å². The Morgan fingerprint density at radius 2 is 1.71 bits per heavy atom. The van der Waals surface area contributed by atoms with Crippen LogP contribution in [0, 0.1) is 0 Å². The Kier molecular flexibility index (Phi) is 6.15. The van der Waals surface area contributed by atoms with Crippen molar-refractivity contribution in [2.45, 2.75) is 22.4 Å². The van der Waals surface area contributed by atoms with Gasteiger partial charge in [0, 0.05) is 16.7 Å². The zero-order valence-corrected chi connectivity index (χ0v) is 16.1. The van der Waals surface area contributed by atoms with Crippen LogP contribution < -0.4 is 5.32 Å². The molecule has 1 aromatic carbocycles. The molecule has 0 unspecified atom stereocenters. The Morgan fingerprint density at radius 3 is 2.36 bits per heavy atom. The second kappa shape index (κ2) is 8.25. The van der Waals surface area contributed by atoms with Crippen LogP contribution in [-0.2, 0) is 11.9 Å². The molecular weight excluding hydrogens is 446 g/mol. The normalized spacial score (nSPS) is 12.4. The lowest BCUT2D eigenvalue weighted by atomic mass is 10.1. The Hall–Kier alpha value is -1.86. The molecular formula is C15H10F6N4S3. The van der Waals surface area contributed by atoms with Gasteiger partial charge >= 0.3 is 12.4 Å². The number of hydrogen-bond donors (Lipinski definition) is 1. The molecule has 2 heterocycles. The first kappa shape index (κ1) is 20.9. The Balaban J connectivity index is 1.57. The molecule has 2 aromatic heterocycles. The van der Waals surface area contributed by atoms with E-state index in [2.05, 4.69) is 20.5 Å². The molecule has 0 saturated carbocycles. The van der Waals surface area contributed by atoms with E-state index in [1.807, 2.05) is 0 Å². The molecule has 28 heavy (non-hydrogen) atoms. The van der Waals surface area contributed by atoms with Gasteiger partial charge in [-0.05, 0) is 12.1 Å². The van der Waals surface area contributed by atoms with Gasteiger partial charge in [-0.25, -0.2) is 4.98 Å². The van der Waals surface area contributed by atoms with E-state index in [-0.39, 0.29) is 5.13 Å². The van der Waals surface area contributed by atoms with Crippen molar-refractivity contribution in [2.24, 2.45) is 0 Å². The van der Waals surface area contributed by atoms with Crippen molar-refractivity contribution in [1.82, 2.24) is 15.2 Å². The average Bonchev–Trinajstić information content (AvgIpc) is 3.26. The second-order valence-corrected chi connectivity index (χ2v) is 8.41. The van der Waals surface area contributed by atoms with Crippen LogP contribution in [0.5, 0.6) is 0 Å². The number of hydrogen-bond acceptors (Lipinski definition) is 7. The van der Waals surface area contributed by atoms with Gasteiger partial charge in [-0.15, -0.1) is 21.5 Å².